The number of ether oxygens (including phenoxy) is 1. The summed E-state index contributed by atoms with van der Waals surface area (Å²) in [4.78, 5) is 3.37. The molecule has 0 saturated heterocycles. The zero-order valence-electron chi connectivity index (χ0n) is 7.75. The Morgan fingerprint density at radius 1 is 1.56 bits per heavy atom. The highest BCUT2D eigenvalue weighted by molar-refractivity contribution is 5.60. The van der Waals surface area contributed by atoms with Crippen molar-refractivity contribution >= 4 is 5.69 Å². The summed E-state index contributed by atoms with van der Waals surface area (Å²) < 4.78 is 39.4. The molecule has 0 atom stereocenters. The summed E-state index contributed by atoms with van der Waals surface area (Å²) >= 11 is 0. The first-order valence-corrected chi connectivity index (χ1v) is 3.93. The van der Waals surface area contributed by atoms with Crippen LogP contribution in [0.15, 0.2) is 6.20 Å². The number of alkyl halides is 3. The van der Waals surface area contributed by atoms with Gasteiger partial charge < -0.3 is 15.6 Å². The Labute approximate surface area is 87.9 Å². The average molecular weight is 233 g/mol. The van der Waals surface area contributed by atoms with E-state index in [0.717, 1.165) is 0 Å². The molecule has 1 aromatic heterocycles. The lowest BCUT2D eigenvalue weighted by atomic mass is 10.2. The monoisotopic (exact) mass is 233 g/mol. The number of nitrogen functional groups attached to an aromatic ring is 1. The second-order valence-electron chi connectivity index (χ2n) is 2.68. The van der Waals surface area contributed by atoms with Crippen LogP contribution in [0.4, 0.5) is 18.9 Å². The first kappa shape index (κ1) is 12.1. The van der Waals surface area contributed by atoms with E-state index in [2.05, 4.69) is 9.72 Å². The standard InChI is InChI=1S/C8H6F3N3O2/c9-8(10,11)16-6-2-14-5(1-12)7(13)4(6)3-15/h2,15H,3,13H2. The number of aromatic nitrogens is 1. The Bertz CT molecular complexity index is 439. The lowest BCUT2D eigenvalue weighted by molar-refractivity contribution is -0.275. The molecule has 0 aromatic carbocycles. The molecule has 0 aliphatic carbocycles. The second-order valence-corrected chi connectivity index (χ2v) is 2.68. The number of pyridine rings is 1. The summed E-state index contributed by atoms with van der Waals surface area (Å²) in [5.41, 5.74) is 4.42. The van der Waals surface area contributed by atoms with Crippen molar-refractivity contribution in [3.05, 3.63) is 17.5 Å². The highest BCUT2D eigenvalue weighted by Gasteiger charge is 2.32. The molecule has 1 heterocycles. The van der Waals surface area contributed by atoms with Gasteiger partial charge in [-0.2, -0.15) is 5.26 Å². The van der Waals surface area contributed by atoms with Crippen molar-refractivity contribution in [1.82, 2.24) is 4.98 Å². The van der Waals surface area contributed by atoms with Gasteiger partial charge >= 0.3 is 6.36 Å². The number of hydrogen-bond acceptors (Lipinski definition) is 5. The lowest BCUT2D eigenvalue weighted by Gasteiger charge is -2.13. The number of nitriles is 1. The quantitative estimate of drug-likeness (QED) is 0.792. The van der Waals surface area contributed by atoms with E-state index in [1.807, 2.05) is 0 Å². The van der Waals surface area contributed by atoms with E-state index in [1.165, 1.54) is 0 Å². The highest BCUT2D eigenvalue weighted by Crippen LogP contribution is 2.30. The number of nitrogens with two attached hydrogens (primary N) is 1. The van der Waals surface area contributed by atoms with Gasteiger partial charge in [0, 0.05) is 5.56 Å². The number of nitrogens with zero attached hydrogens (tertiary/aromatic N) is 2. The summed E-state index contributed by atoms with van der Waals surface area (Å²) in [5.74, 6) is -0.716. The molecule has 0 bridgehead atoms. The summed E-state index contributed by atoms with van der Waals surface area (Å²) in [7, 11) is 0. The number of halogens is 3. The smallest absolute Gasteiger partial charge is 0.404 e. The third-order valence-electron chi connectivity index (χ3n) is 1.68. The predicted octanol–water partition coefficient (Wildman–Crippen LogP) is 0.926. The maximum atomic E-state index is 11.9. The van der Waals surface area contributed by atoms with Crippen LogP contribution in [0.3, 0.4) is 0 Å². The van der Waals surface area contributed by atoms with Crippen molar-refractivity contribution in [2.75, 3.05) is 5.73 Å². The van der Waals surface area contributed by atoms with E-state index in [4.69, 9.17) is 16.1 Å². The maximum Gasteiger partial charge on any atom is 0.573 e. The van der Waals surface area contributed by atoms with Crippen LogP contribution in [0.1, 0.15) is 11.3 Å². The van der Waals surface area contributed by atoms with Gasteiger partial charge in [-0.15, -0.1) is 13.2 Å². The van der Waals surface area contributed by atoms with Crippen LogP contribution in [0.5, 0.6) is 5.75 Å². The molecule has 0 saturated carbocycles. The molecule has 8 heteroatoms. The van der Waals surface area contributed by atoms with Crippen molar-refractivity contribution < 1.29 is 23.0 Å². The van der Waals surface area contributed by atoms with Gasteiger partial charge in [0.05, 0.1) is 18.5 Å². The van der Waals surface area contributed by atoms with E-state index in [1.54, 1.807) is 6.07 Å². The van der Waals surface area contributed by atoms with Gasteiger partial charge in [-0.3, -0.25) is 0 Å². The summed E-state index contributed by atoms with van der Waals surface area (Å²) in [6.07, 6.45) is -4.22. The normalized spacial score (nSPS) is 10.9. The van der Waals surface area contributed by atoms with Crippen LogP contribution in [0, 0.1) is 11.3 Å². The molecule has 1 rings (SSSR count). The van der Waals surface area contributed by atoms with Gasteiger partial charge in [0.25, 0.3) is 0 Å². The van der Waals surface area contributed by atoms with Crippen molar-refractivity contribution in [3.8, 4) is 11.8 Å². The van der Waals surface area contributed by atoms with Gasteiger partial charge in [0.2, 0.25) is 0 Å². The molecule has 1 aromatic rings. The Kier molecular flexibility index (Phi) is 3.20. The van der Waals surface area contributed by atoms with E-state index in [9.17, 15) is 13.2 Å². The second kappa shape index (κ2) is 4.24. The van der Waals surface area contributed by atoms with Gasteiger partial charge in [-0.25, -0.2) is 4.98 Å². The molecule has 5 nitrogen and oxygen atoms in total. The maximum absolute atomic E-state index is 11.9. The molecule has 16 heavy (non-hydrogen) atoms. The lowest BCUT2D eigenvalue weighted by Crippen LogP contribution is -2.19. The average Bonchev–Trinajstić information content (AvgIpc) is 2.16. The Morgan fingerprint density at radius 3 is 2.62 bits per heavy atom. The van der Waals surface area contributed by atoms with Crippen LogP contribution in [0.25, 0.3) is 0 Å². The SMILES string of the molecule is N#Cc1ncc(OC(F)(F)F)c(CO)c1N. The van der Waals surface area contributed by atoms with Crippen molar-refractivity contribution in [2.45, 2.75) is 13.0 Å². The van der Waals surface area contributed by atoms with Crippen LogP contribution >= 0.6 is 0 Å². The summed E-state index contributed by atoms with van der Waals surface area (Å²) in [6.45, 7) is -0.783. The first-order chi connectivity index (χ1) is 7.39. The number of aliphatic hydroxyl groups excluding tert-OH is 1. The van der Waals surface area contributed by atoms with Gasteiger partial charge in [-0.1, -0.05) is 0 Å². The molecule has 3 N–H and O–H groups in total. The molecule has 0 aliphatic rings. The van der Waals surface area contributed by atoms with E-state index in [0.29, 0.717) is 6.20 Å². The predicted molar refractivity (Wildman–Crippen MR) is 46.0 cm³/mol. The Morgan fingerprint density at radius 2 is 2.19 bits per heavy atom. The van der Waals surface area contributed by atoms with Crippen molar-refractivity contribution in [1.29, 1.82) is 5.26 Å². The first-order valence-electron chi connectivity index (χ1n) is 3.93. The molecule has 0 amide bonds. The van der Waals surface area contributed by atoms with Crippen LogP contribution < -0.4 is 10.5 Å². The molecule has 0 spiro atoms. The number of rotatable bonds is 2. The minimum Gasteiger partial charge on any atom is -0.404 e. The minimum atomic E-state index is -4.91. The van der Waals surface area contributed by atoms with Crippen molar-refractivity contribution in [2.24, 2.45) is 0 Å². The highest BCUT2D eigenvalue weighted by atomic mass is 19.4. The van der Waals surface area contributed by atoms with Crippen molar-refractivity contribution in [3.63, 3.8) is 0 Å². The third-order valence-corrected chi connectivity index (χ3v) is 1.68. The molecule has 0 radical (unpaired) electrons. The fourth-order valence-corrected chi connectivity index (χ4v) is 1.01. The molecule has 0 fully saturated rings. The third kappa shape index (κ3) is 2.52. The Balaban J connectivity index is 3.22. The zero-order valence-corrected chi connectivity index (χ0v) is 7.75. The minimum absolute atomic E-state index is 0.265. The number of hydrogen-bond donors (Lipinski definition) is 2. The van der Waals surface area contributed by atoms with E-state index >= 15 is 0 Å². The molecule has 86 valence electrons. The summed E-state index contributed by atoms with van der Waals surface area (Å²) in [6, 6.07) is 1.58. The largest absolute Gasteiger partial charge is 0.573 e. The molecular formula is C8H6F3N3O2. The van der Waals surface area contributed by atoms with Crippen LogP contribution in [0.2, 0.25) is 0 Å². The number of anilines is 1. The van der Waals surface area contributed by atoms with E-state index < -0.39 is 18.7 Å². The topological polar surface area (TPSA) is 92.2 Å². The molecular weight excluding hydrogens is 227 g/mol. The van der Waals surface area contributed by atoms with Crippen LogP contribution in [-0.4, -0.2) is 16.5 Å². The fraction of sp³-hybridized carbons (Fsp3) is 0.250. The van der Waals surface area contributed by atoms with Crippen LogP contribution in [-0.2, 0) is 6.61 Å². The van der Waals surface area contributed by atoms with Gasteiger partial charge in [0.1, 0.15) is 6.07 Å². The Hall–Kier alpha value is -2.01. The molecule has 0 unspecified atom stereocenters. The zero-order chi connectivity index (χ0) is 12.3. The summed E-state index contributed by atoms with van der Waals surface area (Å²) in [5, 5.41) is 17.4. The van der Waals surface area contributed by atoms with Gasteiger partial charge in [-0.05, 0) is 0 Å². The molecule has 0 aliphatic heterocycles. The fourth-order valence-electron chi connectivity index (χ4n) is 1.01. The van der Waals surface area contributed by atoms with E-state index in [-0.39, 0.29) is 16.9 Å². The van der Waals surface area contributed by atoms with Gasteiger partial charge in [0.15, 0.2) is 11.4 Å². The number of aliphatic hydroxyl groups is 1.